The van der Waals surface area contributed by atoms with Crippen molar-refractivity contribution < 1.29 is 12.8 Å². The van der Waals surface area contributed by atoms with E-state index in [1.807, 2.05) is 0 Å². The molecule has 0 bridgehead atoms. The Morgan fingerprint density at radius 2 is 2.14 bits per heavy atom. The molecule has 0 amide bonds. The molecule has 4 nitrogen and oxygen atoms in total. The normalized spacial score (nSPS) is 11.9. The van der Waals surface area contributed by atoms with Gasteiger partial charge in [0.05, 0.1) is 5.75 Å². The van der Waals surface area contributed by atoms with Gasteiger partial charge in [-0.1, -0.05) is 0 Å². The molecule has 80 valence electrons. The van der Waals surface area contributed by atoms with E-state index < -0.39 is 9.84 Å². The summed E-state index contributed by atoms with van der Waals surface area (Å²) in [6.45, 7) is 2.42. The minimum absolute atomic E-state index is 0.0751. The molecule has 1 aromatic heterocycles. The zero-order chi connectivity index (χ0) is 10.6. The van der Waals surface area contributed by atoms with Crippen LogP contribution in [-0.4, -0.2) is 27.8 Å². The lowest BCUT2D eigenvalue weighted by Crippen LogP contribution is -2.14. The van der Waals surface area contributed by atoms with Crippen LogP contribution in [0.15, 0.2) is 21.6 Å². The average Bonchev–Trinajstić information content (AvgIpc) is 2.53. The number of sulfone groups is 1. The molecule has 1 rings (SSSR count). The van der Waals surface area contributed by atoms with Gasteiger partial charge in [-0.2, -0.15) is 0 Å². The van der Waals surface area contributed by atoms with Gasteiger partial charge in [-0.25, -0.2) is 8.42 Å². The summed E-state index contributed by atoms with van der Waals surface area (Å²) < 4.78 is 28.3. The zero-order valence-electron chi connectivity index (χ0n) is 8.41. The van der Waals surface area contributed by atoms with E-state index in [0.717, 1.165) is 0 Å². The van der Waals surface area contributed by atoms with Crippen molar-refractivity contribution in [1.29, 1.82) is 0 Å². The Labute approximate surface area is 84.2 Å². The summed E-state index contributed by atoms with van der Waals surface area (Å²) in [6, 6.07) is 3.16. The molecule has 0 radical (unpaired) electrons. The Kier molecular flexibility index (Phi) is 3.71. The molecule has 14 heavy (non-hydrogen) atoms. The highest BCUT2D eigenvalue weighted by atomic mass is 32.2. The van der Waals surface area contributed by atoms with E-state index in [1.165, 1.54) is 6.07 Å². The van der Waals surface area contributed by atoms with Crippen molar-refractivity contribution >= 4 is 9.84 Å². The molecule has 0 saturated heterocycles. The first-order valence-corrected chi connectivity index (χ1v) is 6.15. The highest BCUT2D eigenvalue weighted by Gasteiger charge is 2.17. The SMILES string of the molecule is CNCCCS(=O)(=O)c1ccc(C)o1. The number of aryl methyl sites for hydroxylation is 1. The van der Waals surface area contributed by atoms with E-state index in [9.17, 15) is 8.42 Å². The average molecular weight is 217 g/mol. The van der Waals surface area contributed by atoms with Gasteiger partial charge in [-0.15, -0.1) is 0 Å². The van der Waals surface area contributed by atoms with Gasteiger partial charge in [0.2, 0.25) is 14.9 Å². The molecule has 0 spiro atoms. The Morgan fingerprint density at radius 3 is 2.64 bits per heavy atom. The Balaban J connectivity index is 2.66. The molecule has 1 aromatic rings. The molecule has 5 heteroatoms. The van der Waals surface area contributed by atoms with Gasteiger partial charge in [-0.3, -0.25) is 0 Å². The van der Waals surface area contributed by atoms with Gasteiger partial charge in [0.15, 0.2) is 0 Å². The maximum Gasteiger partial charge on any atom is 0.218 e. The first kappa shape index (κ1) is 11.3. The number of nitrogens with one attached hydrogen (secondary N) is 1. The number of hydrogen-bond acceptors (Lipinski definition) is 4. The van der Waals surface area contributed by atoms with Crippen molar-refractivity contribution in [2.45, 2.75) is 18.4 Å². The van der Waals surface area contributed by atoms with Crippen molar-refractivity contribution in [3.63, 3.8) is 0 Å². The van der Waals surface area contributed by atoms with Crippen LogP contribution in [0.5, 0.6) is 0 Å². The van der Waals surface area contributed by atoms with Crippen molar-refractivity contribution in [3.05, 3.63) is 17.9 Å². The molecule has 0 saturated carbocycles. The minimum atomic E-state index is -3.22. The molecule has 0 aliphatic heterocycles. The summed E-state index contributed by atoms with van der Waals surface area (Å²) in [5, 5.41) is 2.98. The molecule has 0 unspecified atom stereocenters. The molecular weight excluding hydrogens is 202 g/mol. The van der Waals surface area contributed by atoms with Crippen LogP contribution in [0.25, 0.3) is 0 Å². The zero-order valence-corrected chi connectivity index (χ0v) is 9.23. The van der Waals surface area contributed by atoms with Crippen LogP contribution in [0, 0.1) is 6.92 Å². The summed E-state index contributed by atoms with van der Waals surface area (Å²) in [5.41, 5.74) is 0. The molecule has 1 N–H and O–H groups in total. The fourth-order valence-corrected chi connectivity index (χ4v) is 2.38. The van der Waals surface area contributed by atoms with Gasteiger partial charge in [0.1, 0.15) is 5.76 Å². The Morgan fingerprint density at radius 1 is 1.43 bits per heavy atom. The molecule has 0 fully saturated rings. The van der Waals surface area contributed by atoms with Crippen LogP contribution in [0.2, 0.25) is 0 Å². The Hall–Kier alpha value is -0.810. The monoisotopic (exact) mass is 217 g/mol. The standard InChI is InChI=1S/C9H15NO3S/c1-8-4-5-9(13-8)14(11,12)7-3-6-10-2/h4-5,10H,3,6-7H2,1-2H3. The molecular formula is C9H15NO3S. The second kappa shape index (κ2) is 4.61. The third-order valence-corrected chi connectivity index (χ3v) is 3.52. The van der Waals surface area contributed by atoms with Gasteiger partial charge >= 0.3 is 0 Å². The van der Waals surface area contributed by atoms with Crippen LogP contribution in [0.1, 0.15) is 12.2 Å². The predicted molar refractivity (Wildman–Crippen MR) is 54.0 cm³/mol. The summed E-state index contributed by atoms with van der Waals surface area (Å²) in [5.74, 6) is 0.748. The Bertz CT molecular complexity index is 381. The minimum Gasteiger partial charge on any atom is -0.450 e. The summed E-state index contributed by atoms with van der Waals surface area (Å²) in [6.07, 6.45) is 0.596. The van der Waals surface area contributed by atoms with E-state index in [2.05, 4.69) is 5.32 Å². The van der Waals surface area contributed by atoms with E-state index in [-0.39, 0.29) is 10.8 Å². The van der Waals surface area contributed by atoms with Crippen LogP contribution in [0.3, 0.4) is 0 Å². The lowest BCUT2D eigenvalue weighted by molar-refractivity contribution is 0.428. The number of rotatable bonds is 5. The van der Waals surface area contributed by atoms with Crippen LogP contribution < -0.4 is 5.32 Å². The van der Waals surface area contributed by atoms with Crippen molar-refractivity contribution in [2.75, 3.05) is 19.3 Å². The second-order valence-electron chi connectivity index (χ2n) is 3.14. The van der Waals surface area contributed by atoms with Crippen LogP contribution >= 0.6 is 0 Å². The second-order valence-corrected chi connectivity index (χ2v) is 5.18. The fourth-order valence-electron chi connectivity index (χ4n) is 1.12. The van der Waals surface area contributed by atoms with E-state index >= 15 is 0 Å². The fraction of sp³-hybridized carbons (Fsp3) is 0.556. The first-order chi connectivity index (χ1) is 6.56. The maximum absolute atomic E-state index is 11.6. The quantitative estimate of drug-likeness (QED) is 0.747. The summed E-state index contributed by atoms with van der Waals surface area (Å²) in [4.78, 5) is 0. The highest BCUT2D eigenvalue weighted by Crippen LogP contribution is 2.15. The molecule has 1 heterocycles. The van der Waals surface area contributed by atoms with Crippen LogP contribution in [0.4, 0.5) is 0 Å². The summed E-state index contributed by atoms with van der Waals surface area (Å²) >= 11 is 0. The molecule has 0 aromatic carbocycles. The third kappa shape index (κ3) is 2.85. The van der Waals surface area contributed by atoms with E-state index in [0.29, 0.717) is 18.7 Å². The highest BCUT2D eigenvalue weighted by molar-refractivity contribution is 7.91. The van der Waals surface area contributed by atoms with Gasteiger partial charge in [-0.05, 0) is 39.1 Å². The van der Waals surface area contributed by atoms with E-state index in [4.69, 9.17) is 4.42 Å². The van der Waals surface area contributed by atoms with Gasteiger partial charge < -0.3 is 9.73 Å². The maximum atomic E-state index is 11.6. The predicted octanol–water partition coefficient (Wildman–Crippen LogP) is 0.971. The first-order valence-electron chi connectivity index (χ1n) is 4.50. The molecule has 0 aliphatic rings. The van der Waals surface area contributed by atoms with Crippen LogP contribution in [-0.2, 0) is 9.84 Å². The van der Waals surface area contributed by atoms with Crippen molar-refractivity contribution in [2.24, 2.45) is 0 Å². The number of hydrogen-bond donors (Lipinski definition) is 1. The molecule has 0 aliphatic carbocycles. The third-order valence-electron chi connectivity index (χ3n) is 1.86. The topological polar surface area (TPSA) is 59.3 Å². The van der Waals surface area contributed by atoms with Crippen molar-refractivity contribution in [1.82, 2.24) is 5.32 Å². The smallest absolute Gasteiger partial charge is 0.218 e. The lowest BCUT2D eigenvalue weighted by atomic mass is 10.5. The molecule has 0 atom stereocenters. The van der Waals surface area contributed by atoms with Gasteiger partial charge in [0, 0.05) is 0 Å². The lowest BCUT2D eigenvalue weighted by Gasteiger charge is -2.00. The largest absolute Gasteiger partial charge is 0.450 e. The van der Waals surface area contributed by atoms with E-state index in [1.54, 1.807) is 20.0 Å². The summed E-state index contributed by atoms with van der Waals surface area (Å²) in [7, 11) is -1.42. The van der Waals surface area contributed by atoms with Crippen molar-refractivity contribution in [3.8, 4) is 0 Å². The van der Waals surface area contributed by atoms with Gasteiger partial charge in [0.25, 0.3) is 0 Å². The number of furan rings is 1.